The Morgan fingerprint density at radius 2 is 2.00 bits per heavy atom. The molecule has 0 saturated carbocycles. The van der Waals surface area contributed by atoms with Crippen LogP contribution in [-0.4, -0.2) is 4.98 Å². The number of fused-ring (bicyclic) bond motifs is 1. The lowest BCUT2D eigenvalue weighted by Crippen LogP contribution is -2.13. The fourth-order valence-corrected chi connectivity index (χ4v) is 4.01. The fraction of sp³-hybridized carbons (Fsp3) is 0.471. The third-order valence-electron chi connectivity index (χ3n) is 4.24. The molecule has 1 atom stereocenters. The lowest BCUT2D eigenvalue weighted by molar-refractivity contribution is 0.673. The van der Waals surface area contributed by atoms with E-state index in [0.29, 0.717) is 0 Å². The highest BCUT2D eigenvalue weighted by atomic mass is 32.1. The smallest absolute Gasteiger partial charge is 0.0950 e. The van der Waals surface area contributed by atoms with Crippen LogP contribution in [0, 0.1) is 13.8 Å². The minimum Gasteiger partial charge on any atom is -0.324 e. The number of hydrogen-bond donors (Lipinski definition) is 1. The summed E-state index contributed by atoms with van der Waals surface area (Å²) in [5.41, 5.74) is 11.6. The molecule has 0 radical (unpaired) electrons. The van der Waals surface area contributed by atoms with Gasteiger partial charge in [0.15, 0.2) is 0 Å². The van der Waals surface area contributed by atoms with Crippen LogP contribution in [0.15, 0.2) is 18.2 Å². The Bertz CT molecular complexity index is 592. The van der Waals surface area contributed by atoms with Crippen LogP contribution in [0.25, 0.3) is 0 Å². The van der Waals surface area contributed by atoms with E-state index < -0.39 is 0 Å². The first kappa shape index (κ1) is 13.8. The molecule has 1 aliphatic carbocycles. The number of rotatable bonds is 3. The van der Waals surface area contributed by atoms with Crippen molar-refractivity contribution in [3.63, 3.8) is 0 Å². The van der Waals surface area contributed by atoms with Gasteiger partial charge in [-0.05, 0) is 56.2 Å². The summed E-state index contributed by atoms with van der Waals surface area (Å²) < 4.78 is 0. The molecule has 0 saturated heterocycles. The van der Waals surface area contributed by atoms with Gasteiger partial charge in [0.1, 0.15) is 0 Å². The molecular weight excluding hydrogens is 264 g/mol. The molecule has 2 aromatic rings. The predicted octanol–water partition coefficient (Wildman–Crippen LogP) is 3.88. The Balaban J connectivity index is 1.76. The first-order chi connectivity index (χ1) is 9.63. The Morgan fingerprint density at radius 3 is 2.75 bits per heavy atom. The van der Waals surface area contributed by atoms with Gasteiger partial charge >= 0.3 is 0 Å². The summed E-state index contributed by atoms with van der Waals surface area (Å²) in [6.07, 6.45) is 5.84. The van der Waals surface area contributed by atoms with E-state index in [1.165, 1.54) is 51.5 Å². The highest BCUT2D eigenvalue weighted by molar-refractivity contribution is 7.11. The average molecular weight is 286 g/mol. The molecule has 0 amide bonds. The maximum Gasteiger partial charge on any atom is 0.0950 e. The van der Waals surface area contributed by atoms with E-state index in [2.05, 4.69) is 32.0 Å². The van der Waals surface area contributed by atoms with Gasteiger partial charge < -0.3 is 5.73 Å². The molecule has 0 fully saturated rings. The van der Waals surface area contributed by atoms with E-state index >= 15 is 0 Å². The molecule has 1 heterocycles. The van der Waals surface area contributed by atoms with Crippen LogP contribution in [0.2, 0.25) is 0 Å². The van der Waals surface area contributed by atoms with E-state index in [1.54, 1.807) is 0 Å². The molecule has 3 heteroatoms. The molecule has 1 unspecified atom stereocenters. The lowest BCUT2D eigenvalue weighted by Gasteiger charge is -2.12. The molecule has 2 N–H and O–H groups in total. The van der Waals surface area contributed by atoms with E-state index in [0.717, 1.165) is 12.8 Å². The Kier molecular flexibility index (Phi) is 3.90. The molecular formula is C17H22N2S. The molecule has 106 valence electrons. The summed E-state index contributed by atoms with van der Waals surface area (Å²) in [6.45, 7) is 4.28. The summed E-state index contributed by atoms with van der Waals surface area (Å²) in [5, 5.41) is 1.21. The fourth-order valence-electron chi connectivity index (χ4n) is 2.79. The molecule has 1 aromatic heterocycles. The highest BCUT2D eigenvalue weighted by Gasteiger charge is 2.17. The van der Waals surface area contributed by atoms with Crippen molar-refractivity contribution in [2.45, 2.75) is 52.0 Å². The van der Waals surface area contributed by atoms with Gasteiger partial charge in [0.2, 0.25) is 0 Å². The summed E-state index contributed by atoms with van der Waals surface area (Å²) >= 11 is 1.87. The highest BCUT2D eigenvalue weighted by Crippen LogP contribution is 2.29. The molecule has 1 aromatic carbocycles. The van der Waals surface area contributed by atoms with Crippen LogP contribution in [-0.2, 0) is 19.3 Å². The Hall–Kier alpha value is -1.19. The molecule has 0 spiro atoms. The van der Waals surface area contributed by atoms with Crippen LogP contribution >= 0.6 is 11.3 Å². The van der Waals surface area contributed by atoms with Gasteiger partial charge in [-0.15, -0.1) is 11.3 Å². The van der Waals surface area contributed by atoms with Crippen LogP contribution in [0.5, 0.6) is 0 Å². The molecule has 3 rings (SSSR count). The van der Waals surface area contributed by atoms with E-state index in [9.17, 15) is 0 Å². The minimum atomic E-state index is 0.0573. The summed E-state index contributed by atoms with van der Waals surface area (Å²) in [4.78, 5) is 6.29. The quantitative estimate of drug-likeness (QED) is 0.930. The van der Waals surface area contributed by atoms with Crippen molar-refractivity contribution < 1.29 is 0 Å². The Morgan fingerprint density at radius 1 is 1.20 bits per heavy atom. The molecule has 20 heavy (non-hydrogen) atoms. The number of aryl methyl sites for hydroxylation is 4. The number of thiazole rings is 1. The number of benzene rings is 1. The first-order valence-electron chi connectivity index (χ1n) is 7.43. The topological polar surface area (TPSA) is 38.9 Å². The van der Waals surface area contributed by atoms with Crippen molar-refractivity contribution in [3.05, 3.63) is 50.5 Å². The zero-order valence-electron chi connectivity index (χ0n) is 12.3. The SMILES string of the molecule is Cc1ccc(C(N)Cc2nc3c(s2)CCCC3)cc1C. The maximum absolute atomic E-state index is 6.37. The van der Waals surface area contributed by atoms with Gasteiger partial charge in [-0.2, -0.15) is 0 Å². The normalized spacial score (nSPS) is 15.9. The predicted molar refractivity (Wildman–Crippen MR) is 85.3 cm³/mol. The van der Waals surface area contributed by atoms with Crippen LogP contribution in [0.3, 0.4) is 0 Å². The van der Waals surface area contributed by atoms with Crippen molar-refractivity contribution in [3.8, 4) is 0 Å². The van der Waals surface area contributed by atoms with Crippen molar-refractivity contribution in [2.75, 3.05) is 0 Å². The summed E-state index contributed by atoms with van der Waals surface area (Å²) in [5.74, 6) is 0. The maximum atomic E-state index is 6.37. The summed E-state index contributed by atoms with van der Waals surface area (Å²) in [6, 6.07) is 6.59. The van der Waals surface area contributed by atoms with Crippen molar-refractivity contribution in [2.24, 2.45) is 5.73 Å². The van der Waals surface area contributed by atoms with E-state index in [4.69, 9.17) is 10.7 Å². The number of hydrogen-bond acceptors (Lipinski definition) is 3. The minimum absolute atomic E-state index is 0.0573. The molecule has 0 aliphatic heterocycles. The van der Waals surface area contributed by atoms with Gasteiger partial charge in [-0.1, -0.05) is 18.2 Å². The van der Waals surface area contributed by atoms with E-state index in [-0.39, 0.29) is 6.04 Å². The van der Waals surface area contributed by atoms with Gasteiger partial charge in [-0.3, -0.25) is 0 Å². The zero-order chi connectivity index (χ0) is 14.1. The second kappa shape index (κ2) is 5.66. The third-order valence-corrected chi connectivity index (χ3v) is 5.42. The summed E-state index contributed by atoms with van der Waals surface area (Å²) in [7, 11) is 0. The van der Waals surface area contributed by atoms with Gasteiger partial charge in [-0.25, -0.2) is 4.98 Å². The van der Waals surface area contributed by atoms with Crippen LogP contribution in [0.4, 0.5) is 0 Å². The van der Waals surface area contributed by atoms with Crippen molar-refractivity contribution in [1.82, 2.24) is 4.98 Å². The van der Waals surface area contributed by atoms with Crippen molar-refractivity contribution >= 4 is 11.3 Å². The van der Waals surface area contributed by atoms with Gasteiger partial charge in [0, 0.05) is 17.3 Å². The number of aromatic nitrogens is 1. The third kappa shape index (κ3) is 2.79. The molecule has 1 aliphatic rings. The number of nitrogens with zero attached hydrogens (tertiary/aromatic N) is 1. The monoisotopic (exact) mass is 286 g/mol. The zero-order valence-corrected chi connectivity index (χ0v) is 13.1. The van der Waals surface area contributed by atoms with Crippen molar-refractivity contribution in [1.29, 1.82) is 0 Å². The second-order valence-corrected chi connectivity index (χ2v) is 7.01. The lowest BCUT2D eigenvalue weighted by atomic mass is 10.00. The van der Waals surface area contributed by atoms with Crippen LogP contribution in [0.1, 0.15) is 51.2 Å². The Labute approximate surface area is 125 Å². The standard InChI is InChI=1S/C17H22N2S/c1-11-7-8-13(9-12(11)2)14(18)10-17-19-15-5-3-4-6-16(15)20-17/h7-9,14H,3-6,10,18H2,1-2H3. The molecule has 0 bridgehead atoms. The van der Waals surface area contributed by atoms with Crippen LogP contribution < -0.4 is 5.73 Å². The first-order valence-corrected chi connectivity index (χ1v) is 8.25. The largest absolute Gasteiger partial charge is 0.324 e. The average Bonchev–Trinajstić information content (AvgIpc) is 2.83. The van der Waals surface area contributed by atoms with E-state index in [1.807, 2.05) is 11.3 Å². The van der Waals surface area contributed by atoms with Gasteiger partial charge in [0.25, 0.3) is 0 Å². The molecule has 2 nitrogen and oxygen atoms in total. The second-order valence-electron chi connectivity index (χ2n) is 5.84. The number of nitrogens with two attached hydrogens (primary N) is 1. The van der Waals surface area contributed by atoms with Gasteiger partial charge in [0.05, 0.1) is 10.7 Å².